The van der Waals surface area contributed by atoms with Gasteiger partial charge in [-0.1, -0.05) is 47.0 Å². The van der Waals surface area contributed by atoms with Crippen LogP contribution in [0, 0.1) is 11.8 Å². The highest BCUT2D eigenvalue weighted by atomic mass is 16.4. The summed E-state index contributed by atoms with van der Waals surface area (Å²) in [5.41, 5.74) is 0. The minimum Gasteiger partial charge on any atom is -0.465 e. The number of amides is 4. The Morgan fingerprint density at radius 2 is 0.931 bits per heavy atom. The summed E-state index contributed by atoms with van der Waals surface area (Å²) in [5.74, 6) is -1.12. The quantitative estimate of drug-likeness (QED) is 0.234. The summed E-state index contributed by atoms with van der Waals surface area (Å²) in [5, 5.41) is 27.3. The molecule has 0 aromatic carbocycles. The van der Waals surface area contributed by atoms with Crippen LogP contribution in [-0.2, 0) is 9.59 Å². The van der Waals surface area contributed by atoms with E-state index in [1.165, 1.54) is 0 Å². The van der Waals surface area contributed by atoms with Crippen molar-refractivity contribution in [3.63, 3.8) is 0 Å². The van der Waals surface area contributed by atoms with E-state index in [0.29, 0.717) is 13.1 Å². The summed E-state index contributed by atoms with van der Waals surface area (Å²) < 4.78 is 0. The van der Waals surface area contributed by atoms with Crippen molar-refractivity contribution >= 4 is 24.0 Å². The molecule has 0 saturated heterocycles. The average Bonchev–Trinajstić information content (AvgIpc) is 2.57. The van der Waals surface area contributed by atoms with Gasteiger partial charge in [0.25, 0.3) is 0 Å². The van der Waals surface area contributed by atoms with Gasteiger partial charge in [0, 0.05) is 0 Å². The Morgan fingerprint density at radius 3 is 1.21 bits per heavy atom. The van der Waals surface area contributed by atoms with Gasteiger partial charge in [-0.25, -0.2) is 9.59 Å². The molecule has 4 amide bonds. The van der Waals surface area contributed by atoms with Gasteiger partial charge in [0.2, 0.25) is 11.8 Å². The molecule has 0 aliphatic rings. The van der Waals surface area contributed by atoms with Gasteiger partial charge in [0.15, 0.2) is 0 Å². The third kappa shape index (κ3) is 12.8. The highest BCUT2D eigenvalue weighted by Gasteiger charge is 2.23. The molecule has 0 aliphatic carbocycles. The number of unbranched alkanes of at least 4 members (excludes halogenated alkanes) is 4. The van der Waals surface area contributed by atoms with Crippen LogP contribution >= 0.6 is 0 Å². The molecule has 6 N–H and O–H groups in total. The van der Waals surface area contributed by atoms with Crippen molar-refractivity contribution in [3.05, 3.63) is 0 Å². The predicted octanol–water partition coefficient (Wildman–Crippen LogP) is 1.75. The van der Waals surface area contributed by atoms with Crippen LogP contribution in [0.4, 0.5) is 9.59 Å². The van der Waals surface area contributed by atoms with Crippen molar-refractivity contribution in [2.75, 3.05) is 13.1 Å². The van der Waals surface area contributed by atoms with E-state index in [2.05, 4.69) is 10.6 Å². The lowest BCUT2D eigenvalue weighted by Gasteiger charge is -2.21. The first-order chi connectivity index (χ1) is 13.6. The maximum atomic E-state index is 11.8. The van der Waals surface area contributed by atoms with Crippen molar-refractivity contribution in [1.82, 2.24) is 21.3 Å². The largest absolute Gasteiger partial charge is 0.465 e. The van der Waals surface area contributed by atoms with Gasteiger partial charge in [0.05, 0.1) is 12.1 Å². The van der Waals surface area contributed by atoms with E-state index < -0.39 is 36.1 Å². The van der Waals surface area contributed by atoms with E-state index in [-0.39, 0.29) is 11.8 Å². The molecule has 0 saturated carbocycles. The molecule has 0 fully saturated rings. The predicted molar refractivity (Wildman–Crippen MR) is 109 cm³/mol. The molecular formula is C19H36N4O6. The molecule has 10 nitrogen and oxygen atoms in total. The summed E-state index contributed by atoms with van der Waals surface area (Å²) in [6, 6.07) is -1.08. The number of carboxylic acid groups (broad SMARTS) is 2. The third-order valence-corrected chi connectivity index (χ3v) is 4.44. The molecular weight excluding hydrogens is 380 g/mol. The molecule has 0 heterocycles. The van der Waals surface area contributed by atoms with Crippen molar-refractivity contribution in [3.8, 4) is 0 Å². The maximum absolute atomic E-state index is 11.8. The van der Waals surface area contributed by atoms with E-state index in [9.17, 15) is 19.2 Å². The van der Waals surface area contributed by atoms with E-state index in [1.54, 1.807) is 0 Å². The normalized spacial score (nSPS) is 13.2. The zero-order chi connectivity index (χ0) is 22.4. The topological polar surface area (TPSA) is 157 Å². The minimum absolute atomic E-state index is 0.0207. The summed E-state index contributed by atoms with van der Waals surface area (Å²) in [6.07, 6.45) is 1.95. The Bertz CT molecular complexity index is 493. The molecule has 168 valence electrons. The second-order valence-corrected chi connectivity index (χ2v) is 7.71. The van der Waals surface area contributed by atoms with Gasteiger partial charge in [-0.2, -0.15) is 0 Å². The second-order valence-electron chi connectivity index (χ2n) is 7.71. The molecule has 0 spiro atoms. The average molecular weight is 417 g/mol. The monoisotopic (exact) mass is 416 g/mol. The first kappa shape index (κ1) is 26.8. The van der Waals surface area contributed by atoms with E-state index in [0.717, 1.165) is 32.1 Å². The molecule has 0 aromatic heterocycles. The molecule has 0 bridgehead atoms. The Hall–Kier alpha value is -2.20. The van der Waals surface area contributed by atoms with Crippen molar-refractivity contribution in [2.45, 2.75) is 71.9 Å². The summed E-state index contributed by atoms with van der Waals surface area (Å²) >= 11 is 0. The Kier molecular flexibility index (Phi) is 13.6. The van der Waals surface area contributed by atoms with Gasteiger partial charge >= 0.3 is 12.2 Å². The number of carbonyl (C=O) groups excluding carboxylic acids is 2. The second kappa shape index (κ2) is 14.7. The van der Waals surface area contributed by atoms with Crippen molar-refractivity contribution in [2.24, 2.45) is 11.8 Å². The summed E-state index contributed by atoms with van der Waals surface area (Å²) in [6.45, 7) is 8.67. The number of nitrogens with one attached hydrogen (secondary N) is 4. The third-order valence-electron chi connectivity index (χ3n) is 4.44. The highest BCUT2D eigenvalue weighted by molar-refractivity contribution is 5.94. The molecule has 0 aliphatic heterocycles. The zero-order valence-corrected chi connectivity index (χ0v) is 17.8. The highest BCUT2D eigenvalue weighted by Crippen LogP contribution is 2.06. The number of hydrogen-bond acceptors (Lipinski definition) is 6. The number of hydrogen-bond donors (Lipinski definition) is 6. The van der Waals surface area contributed by atoms with Crippen LogP contribution in [0.15, 0.2) is 0 Å². The summed E-state index contributed by atoms with van der Waals surface area (Å²) in [7, 11) is 0. The van der Waals surface area contributed by atoms with E-state index in [4.69, 9.17) is 10.2 Å². The van der Waals surface area contributed by atoms with E-state index >= 15 is 0 Å². The lowest BCUT2D eigenvalue weighted by atomic mass is 10.0. The fourth-order valence-corrected chi connectivity index (χ4v) is 2.92. The fourth-order valence-electron chi connectivity index (χ4n) is 2.92. The lowest BCUT2D eigenvalue weighted by Crippen LogP contribution is -2.49. The van der Waals surface area contributed by atoms with Gasteiger partial charge in [-0.3, -0.25) is 20.2 Å². The van der Waals surface area contributed by atoms with Gasteiger partial charge in [-0.15, -0.1) is 0 Å². The molecule has 10 heteroatoms. The standard InChI is InChI=1S/C19H36N4O6/c1-12(2)14(16(24)22-18(26)27)20-10-8-6-5-7-9-11-21-15(13(3)4)17(25)23-19(28)29/h12-15,20-21H,5-11H2,1-4H3,(H,22,24)(H,23,25)(H,26,27)(H,28,29). The Labute approximate surface area is 172 Å². The molecule has 0 aromatic rings. The van der Waals surface area contributed by atoms with Crippen LogP contribution in [0.25, 0.3) is 0 Å². The van der Waals surface area contributed by atoms with Crippen molar-refractivity contribution in [1.29, 1.82) is 0 Å². The fraction of sp³-hybridized carbons (Fsp3) is 0.789. The van der Waals surface area contributed by atoms with Crippen molar-refractivity contribution < 1.29 is 29.4 Å². The number of rotatable bonds is 14. The van der Waals surface area contributed by atoms with E-state index in [1.807, 2.05) is 38.3 Å². The van der Waals surface area contributed by atoms with Gasteiger partial charge in [0.1, 0.15) is 0 Å². The maximum Gasteiger partial charge on any atom is 0.411 e. The van der Waals surface area contributed by atoms with Crippen LogP contribution in [0.2, 0.25) is 0 Å². The molecule has 29 heavy (non-hydrogen) atoms. The zero-order valence-electron chi connectivity index (χ0n) is 17.8. The lowest BCUT2D eigenvalue weighted by molar-refractivity contribution is -0.124. The number of imide groups is 2. The van der Waals surface area contributed by atoms with Crippen LogP contribution in [-0.4, -0.2) is 59.4 Å². The first-order valence-corrected chi connectivity index (χ1v) is 10.1. The molecule has 2 atom stereocenters. The Morgan fingerprint density at radius 1 is 0.621 bits per heavy atom. The van der Waals surface area contributed by atoms with Crippen LogP contribution in [0.5, 0.6) is 0 Å². The summed E-state index contributed by atoms with van der Waals surface area (Å²) in [4.78, 5) is 44.8. The Balaban J connectivity index is 3.96. The van der Waals surface area contributed by atoms with Crippen LogP contribution < -0.4 is 21.3 Å². The number of carbonyl (C=O) groups is 4. The molecule has 0 rings (SSSR count). The minimum atomic E-state index is -1.35. The van der Waals surface area contributed by atoms with Crippen LogP contribution in [0.1, 0.15) is 59.8 Å². The van der Waals surface area contributed by atoms with Gasteiger partial charge < -0.3 is 20.8 Å². The smallest absolute Gasteiger partial charge is 0.411 e. The molecule has 2 unspecified atom stereocenters. The first-order valence-electron chi connectivity index (χ1n) is 10.1. The van der Waals surface area contributed by atoms with Gasteiger partial charge in [-0.05, 0) is 37.8 Å². The SMILES string of the molecule is CC(C)C(NCCCCCCCNC(C(=O)NC(=O)O)C(C)C)C(=O)NC(=O)O. The molecule has 0 radical (unpaired) electrons. The van der Waals surface area contributed by atoms with Crippen LogP contribution in [0.3, 0.4) is 0 Å².